The van der Waals surface area contributed by atoms with E-state index in [2.05, 4.69) is 10.6 Å². The van der Waals surface area contributed by atoms with Gasteiger partial charge in [0.05, 0.1) is 17.0 Å². The van der Waals surface area contributed by atoms with E-state index in [1.54, 1.807) is 0 Å². The minimum absolute atomic E-state index is 0.0264. The average molecular weight is 537 g/mol. The van der Waals surface area contributed by atoms with E-state index in [0.29, 0.717) is 35.6 Å². The van der Waals surface area contributed by atoms with E-state index >= 15 is 0 Å². The van der Waals surface area contributed by atoms with Crippen molar-refractivity contribution in [2.24, 2.45) is 5.92 Å². The van der Waals surface area contributed by atoms with Crippen LogP contribution >= 0.6 is 22.9 Å². The molecular weight excluding hydrogens is 514 g/mol. The van der Waals surface area contributed by atoms with Gasteiger partial charge in [0.15, 0.2) is 0 Å². The van der Waals surface area contributed by atoms with Crippen molar-refractivity contribution in [1.29, 1.82) is 0 Å². The van der Waals surface area contributed by atoms with Gasteiger partial charge >= 0.3 is 5.97 Å². The predicted octanol–water partition coefficient (Wildman–Crippen LogP) is 5.01. The van der Waals surface area contributed by atoms with Crippen LogP contribution in [0.3, 0.4) is 0 Å². The number of amides is 2. The quantitative estimate of drug-likeness (QED) is 0.351. The van der Waals surface area contributed by atoms with Crippen molar-refractivity contribution in [3.63, 3.8) is 0 Å². The summed E-state index contributed by atoms with van der Waals surface area (Å²) in [5, 5.41) is 15.2. The number of carbonyl (C=O) groups is 3. The molecule has 4 rings (SSSR count). The van der Waals surface area contributed by atoms with E-state index in [9.17, 15) is 23.2 Å². The second kappa shape index (κ2) is 11.2. The number of carboxylic acid groups (broad SMARTS) is 1. The standard InChI is InChI=1S/C25H23ClF2N2O5S/c26-21-16-3-1-2-4-19(16)36-22(21)24(32)30-10-9-29-23(31)20-17(27)11-15(12-18(20)28)35-14-7-5-13(6-8-14)25(33)34/h1-4,11-14H,5-10H2,(H,29,31)(H,30,32)(H,33,34)/t13-,14+. The van der Waals surface area contributed by atoms with E-state index in [-0.39, 0.29) is 24.9 Å². The fraction of sp³-hybridized carbons (Fsp3) is 0.320. The molecule has 0 bridgehead atoms. The lowest BCUT2D eigenvalue weighted by Gasteiger charge is -2.26. The normalized spacial score (nSPS) is 17.5. The Balaban J connectivity index is 1.29. The third kappa shape index (κ3) is 5.76. The fourth-order valence-corrected chi connectivity index (χ4v) is 5.57. The van der Waals surface area contributed by atoms with Gasteiger partial charge in [-0.05, 0) is 31.7 Å². The Morgan fingerprint density at radius 3 is 2.22 bits per heavy atom. The average Bonchev–Trinajstić information content (AvgIpc) is 3.18. The Morgan fingerprint density at radius 2 is 1.61 bits per heavy atom. The predicted molar refractivity (Wildman–Crippen MR) is 132 cm³/mol. The molecule has 0 saturated heterocycles. The first-order valence-corrected chi connectivity index (χ1v) is 12.6. The molecule has 1 aliphatic rings. The van der Waals surface area contributed by atoms with Crippen LogP contribution in [0.25, 0.3) is 10.1 Å². The maximum absolute atomic E-state index is 14.5. The highest BCUT2D eigenvalue weighted by atomic mass is 35.5. The van der Waals surface area contributed by atoms with Crippen LogP contribution in [0.1, 0.15) is 45.7 Å². The number of hydrogen-bond donors (Lipinski definition) is 3. The minimum Gasteiger partial charge on any atom is -0.490 e. The summed E-state index contributed by atoms with van der Waals surface area (Å²) in [6.45, 7) is -0.0321. The van der Waals surface area contributed by atoms with Crippen molar-refractivity contribution in [2.75, 3.05) is 13.1 Å². The number of hydrogen-bond acceptors (Lipinski definition) is 5. The van der Waals surface area contributed by atoms with Crippen LogP contribution < -0.4 is 15.4 Å². The summed E-state index contributed by atoms with van der Waals surface area (Å²) >= 11 is 7.53. The number of rotatable bonds is 8. The van der Waals surface area contributed by atoms with Crippen molar-refractivity contribution < 1.29 is 33.0 Å². The molecule has 3 aromatic rings. The highest BCUT2D eigenvalue weighted by Crippen LogP contribution is 2.35. The zero-order chi connectivity index (χ0) is 25.8. The van der Waals surface area contributed by atoms with Gasteiger partial charge in [0.2, 0.25) is 0 Å². The number of aliphatic carboxylic acids is 1. The highest BCUT2D eigenvalue weighted by Gasteiger charge is 2.28. The molecular formula is C25H23ClF2N2O5S. The van der Waals surface area contributed by atoms with Crippen molar-refractivity contribution >= 4 is 50.8 Å². The Bertz CT molecular complexity index is 1280. The SMILES string of the molecule is O=C(NCCNC(=O)c1c(F)cc(O[C@H]2CC[C@@H](C(=O)O)CC2)cc1F)c1sc2ccccc2c1Cl. The largest absolute Gasteiger partial charge is 0.490 e. The van der Waals surface area contributed by atoms with Gasteiger partial charge in [-0.2, -0.15) is 0 Å². The van der Waals surface area contributed by atoms with Gasteiger partial charge in [-0.25, -0.2) is 8.78 Å². The van der Waals surface area contributed by atoms with E-state index in [1.807, 2.05) is 24.3 Å². The van der Waals surface area contributed by atoms with Crippen molar-refractivity contribution in [1.82, 2.24) is 10.6 Å². The third-order valence-corrected chi connectivity index (χ3v) is 7.68. The van der Waals surface area contributed by atoms with Gasteiger partial charge in [0.1, 0.15) is 27.8 Å². The second-order valence-electron chi connectivity index (χ2n) is 8.44. The number of fused-ring (bicyclic) bond motifs is 1. The third-order valence-electron chi connectivity index (χ3n) is 6.01. The van der Waals surface area contributed by atoms with Crippen LogP contribution in [0.15, 0.2) is 36.4 Å². The smallest absolute Gasteiger partial charge is 0.306 e. The van der Waals surface area contributed by atoms with Crippen molar-refractivity contribution in [3.05, 3.63) is 63.5 Å². The summed E-state index contributed by atoms with van der Waals surface area (Å²) < 4.78 is 35.6. The van der Waals surface area contributed by atoms with Gasteiger partial charge in [0.25, 0.3) is 11.8 Å². The van der Waals surface area contributed by atoms with Gasteiger partial charge in [0, 0.05) is 35.3 Å². The number of carbonyl (C=O) groups excluding carboxylic acids is 2. The molecule has 0 aliphatic heterocycles. The Labute approximate surface area is 214 Å². The highest BCUT2D eigenvalue weighted by molar-refractivity contribution is 7.21. The molecule has 1 saturated carbocycles. The van der Waals surface area contributed by atoms with Gasteiger partial charge in [-0.3, -0.25) is 14.4 Å². The van der Waals surface area contributed by atoms with Crippen LogP contribution in [0.5, 0.6) is 5.75 Å². The number of halogens is 3. The Kier molecular flexibility index (Phi) is 8.05. The number of ether oxygens (including phenoxy) is 1. The number of carboxylic acids is 1. The zero-order valence-corrected chi connectivity index (χ0v) is 20.6. The lowest BCUT2D eigenvalue weighted by molar-refractivity contribution is -0.143. The van der Waals surface area contributed by atoms with E-state index in [4.69, 9.17) is 21.4 Å². The summed E-state index contributed by atoms with van der Waals surface area (Å²) in [7, 11) is 0. The van der Waals surface area contributed by atoms with E-state index in [1.165, 1.54) is 11.3 Å². The van der Waals surface area contributed by atoms with Gasteiger partial charge in [-0.15, -0.1) is 11.3 Å². The first-order chi connectivity index (χ1) is 17.2. The Morgan fingerprint density at radius 1 is 1.00 bits per heavy atom. The molecule has 1 fully saturated rings. The summed E-state index contributed by atoms with van der Waals surface area (Å²) in [5.41, 5.74) is -0.754. The molecule has 0 unspecified atom stereocenters. The number of thiophene rings is 1. The van der Waals surface area contributed by atoms with Crippen LogP contribution in [0.4, 0.5) is 8.78 Å². The molecule has 7 nitrogen and oxygen atoms in total. The van der Waals surface area contributed by atoms with Crippen LogP contribution in [0.2, 0.25) is 5.02 Å². The van der Waals surface area contributed by atoms with Crippen LogP contribution in [-0.2, 0) is 4.79 Å². The van der Waals surface area contributed by atoms with Crippen molar-refractivity contribution in [2.45, 2.75) is 31.8 Å². The lowest BCUT2D eigenvalue weighted by atomic mass is 9.87. The summed E-state index contributed by atoms with van der Waals surface area (Å²) in [6, 6.07) is 9.21. The molecule has 3 N–H and O–H groups in total. The first-order valence-electron chi connectivity index (χ1n) is 11.4. The van der Waals surface area contributed by atoms with Gasteiger partial charge in [-0.1, -0.05) is 29.8 Å². The molecule has 0 spiro atoms. The van der Waals surface area contributed by atoms with E-state index in [0.717, 1.165) is 22.2 Å². The molecule has 1 heterocycles. The first kappa shape index (κ1) is 25.8. The molecule has 2 amide bonds. The second-order valence-corrected chi connectivity index (χ2v) is 9.87. The van der Waals surface area contributed by atoms with Crippen LogP contribution in [0, 0.1) is 17.6 Å². The maximum atomic E-state index is 14.5. The summed E-state index contributed by atoms with van der Waals surface area (Å²) in [4.78, 5) is 36.2. The van der Waals surface area contributed by atoms with Crippen molar-refractivity contribution in [3.8, 4) is 5.75 Å². The summed E-state index contributed by atoms with van der Waals surface area (Å²) in [5.74, 6) is -4.89. The molecule has 0 atom stereocenters. The summed E-state index contributed by atoms with van der Waals surface area (Å²) in [6.07, 6.45) is 1.42. The molecule has 1 aliphatic carbocycles. The number of benzene rings is 2. The zero-order valence-electron chi connectivity index (χ0n) is 19.0. The molecule has 190 valence electrons. The lowest BCUT2D eigenvalue weighted by Crippen LogP contribution is -2.35. The topological polar surface area (TPSA) is 105 Å². The Hall–Kier alpha value is -3.24. The van der Waals surface area contributed by atoms with Crippen LogP contribution in [-0.4, -0.2) is 42.1 Å². The molecule has 2 aromatic carbocycles. The van der Waals surface area contributed by atoms with E-state index < -0.39 is 40.9 Å². The molecule has 0 radical (unpaired) electrons. The fourth-order valence-electron chi connectivity index (χ4n) is 4.14. The number of nitrogens with one attached hydrogen (secondary N) is 2. The molecule has 11 heteroatoms. The molecule has 36 heavy (non-hydrogen) atoms. The minimum atomic E-state index is -1.08. The molecule has 1 aromatic heterocycles. The monoisotopic (exact) mass is 536 g/mol. The van der Waals surface area contributed by atoms with Gasteiger partial charge < -0.3 is 20.5 Å². The maximum Gasteiger partial charge on any atom is 0.306 e.